The van der Waals surface area contributed by atoms with E-state index in [4.69, 9.17) is 10.5 Å². The summed E-state index contributed by atoms with van der Waals surface area (Å²) in [5.41, 5.74) is 7.62. The first kappa shape index (κ1) is 9.11. The molecule has 1 aromatic carbocycles. The molecule has 14 heavy (non-hydrogen) atoms. The molecule has 1 heterocycles. The predicted octanol–water partition coefficient (Wildman–Crippen LogP) is 1.12. The number of benzene rings is 1. The summed E-state index contributed by atoms with van der Waals surface area (Å²) < 4.78 is 5.21. The molecule has 0 unspecified atom stereocenters. The van der Waals surface area contributed by atoms with Gasteiger partial charge in [-0.2, -0.15) is 0 Å². The van der Waals surface area contributed by atoms with Gasteiger partial charge in [0.25, 0.3) is 5.69 Å². The molecule has 1 aromatic rings. The highest BCUT2D eigenvalue weighted by molar-refractivity contribution is 5.42. The molecule has 5 nitrogen and oxygen atoms in total. The van der Waals surface area contributed by atoms with Gasteiger partial charge in [0.1, 0.15) is 0 Å². The molecule has 0 aromatic heterocycles. The Morgan fingerprint density at radius 1 is 1.57 bits per heavy atom. The summed E-state index contributed by atoms with van der Waals surface area (Å²) in [5.74, 6) is 0. The van der Waals surface area contributed by atoms with Gasteiger partial charge >= 0.3 is 0 Å². The van der Waals surface area contributed by atoms with E-state index >= 15 is 0 Å². The Hall–Kier alpha value is -1.46. The van der Waals surface area contributed by atoms with Gasteiger partial charge in [-0.1, -0.05) is 0 Å². The maximum absolute atomic E-state index is 10.5. The van der Waals surface area contributed by atoms with Gasteiger partial charge in [0.2, 0.25) is 0 Å². The van der Waals surface area contributed by atoms with Gasteiger partial charge in [0.15, 0.2) is 0 Å². The average Bonchev–Trinajstić information content (AvgIpc) is 2.18. The van der Waals surface area contributed by atoms with Crippen molar-refractivity contribution in [1.82, 2.24) is 0 Å². The maximum atomic E-state index is 10.5. The molecule has 5 heteroatoms. The normalized spacial score (nSPS) is 20.2. The quantitative estimate of drug-likeness (QED) is 0.536. The Bertz CT molecular complexity index is 378. The molecule has 0 aliphatic carbocycles. The number of fused-ring (bicyclic) bond motifs is 1. The van der Waals surface area contributed by atoms with Crippen molar-refractivity contribution in [3.63, 3.8) is 0 Å². The van der Waals surface area contributed by atoms with Crippen molar-refractivity contribution in [1.29, 1.82) is 0 Å². The van der Waals surface area contributed by atoms with Crippen molar-refractivity contribution in [2.75, 3.05) is 6.61 Å². The summed E-state index contributed by atoms with van der Waals surface area (Å²) in [6, 6.07) is 4.45. The highest BCUT2D eigenvalue weighted by Crippen LogP contribution is 2.26. The lowest BCUT2D eigenvalue weighted by Crippen LogP contribution is -2.23. The number of hydrogen-bond donors (Lipinski definition) is 1. The molecule has 74 valence electrons. The molecule has 0 spiro atoms. The van der Waals surface area contributed by atoms with E-state index in [9.17, 15) is 10.1 Å². The van der Waals surface area contributed by atoms with Crippen molar-refractivity contribution in [3.05, 3.63) is 39.4 Å². The Labute approximate surface area is 80.6 Å². The number of ether oxygens (including phenoxy) is 1. The van der Waals surface area contributed by atoms with Crippen LogP contribution in [-0.4, -0.2) is 11.5 Å². The standard InChI is InChI=1S/C9H10N2O3/c10-9-5-14-4-6-1-2-7(11(12)13)3-8(6)9/h1-3,9H,4-5,10H2/t9-/m1/s1. The lowest BCUT2D eigenvalue weighted by molar-refractivity contribution is -0.385. The summed E-state index contributed by atoms with van der Waals surface area (Å²) in [6.07, 6.45) is 0. The second-order valence-corrected chi connectivity index (χ2v) is 3.26. The highest BCUT2D eigenvalue weighted by Gasteiger charge is 2.19. The van der Waals surface area contributed by atoms with Crippen molar-refractivity contribution in [2.45, 2.75) is 12.6 Å². The van der Waals surface area contributed by atoms with Crippen LogP contribution >= 0.6 is 0 Å². The van der Waals surface area contributed by atoms with Crippen LogP contribution in [0.1, 0.15) is 17.2 Å². The van der Waals surface area contributed by atoms with E-state index in [1.807, 2.05) is 0 Å². The van der Waals surface area contributed by atoms with Crippen LogP contribution in [0, 0.1) is 10.1 Å². The van der Waals surface area contributed by atoms with Gasteiger partial charge in [-0.15, -0.1) is 0 Å². The zero-order chi connectivity index (χ0) is 10.1. The number of nitrogens with two attached hydrogens (primary N) is 1. The van der Waals surface area contributed by atoms with Crippen molar-refractivity contribution >= 4 is 5.69 Å². The van der Waals surface area contributed by atoms with E-state index in [-0.39, 0.29) is 11.7 Å². The van der Waals surface area contributed by atoms with Crippen molar-refractivity contribution in [3.8, 4) is 0 Å². The second-order valence-electron chi connectivity index (χ2n) is 3.26. The molecular weight excluding hydrogens is 184 g/mol. The van der Waals surface area contributed by atoms with E-state index in [1.165, 1.54) is 12.1 Å². The van der Waals surface area contributed by atoms with Crippen LogP contribution in [0.3, 0.4) is 0 Å². The maximum Gasteiger partial charge on any atom is 0.269 e. The first-order chi connectivity index (χ1) is 6.68. The minimum atomic E-state index is -0.414. The average molecular weight is 194 g/mol. The molecule has 0 fully saturated rings. The fourth-order valence-electron chi connectivity index (χ4n) is 1.56. The smallest absolute Gasteiger partial charge is 0.269 e. The van der Waals surface area contributed by atoms with Crippen LogP contribution in [-0.2, 0) is 11.3 Å². The van der Waals surface area contributed by atoms with Gasteiger partial charge in [0.05, 0.1) is 24.2 Å². The lowest BCUT2D eigenvalue weighted by atomic mass is 9.99. The van der Waals surface area contributed by atoms with Gasteiger partial charge in [0, 0.05) is 12.1 Å². The molecule has 1 atom stereocenters. The number of hydrogen-bond acceptors (Lipinski definition) is 4. The molecule has 0 saturated heterocycles. The first-order valence-corrected chi connectivity index (χ1v) is 4.29. The third kappa shape index (κ3) is 1.47. The summed E-state index contributed by atoms with van der Waals surface area (Å²) in [5, 5.41) is 10.5. The number of nitro benzene ring substituents is 1. The SMILES string of the molecule is N[C@@H]1COCc2ccc([N+](=O)[O-])cc21. The van der Waals surface area contributed by atoms with E-state index in [0.29, 0.717) is 13.2 Å². The first-order valence-electron chi connectivity index (χ1n) is 4.29. The lowest BCUT2D eigenvalue weighted by Gasteiger charge is -2.21. The van der Waals surface area contributed by atoms with Gasteiger partial charge in [-0.25, -0.2) is 0 Å². The van der Waals surface area contributed by atoms with Crippen molar-refractivity contribution in [2.24, 2.45) is 5.73 Å². The zero-order valence-electron chi connectivity index (χ0n) is 7.47. The summed E-state index contributed by atoms with van der Waals surface area (Å²) >= 11 is 0. The predicted molar refractivity (Wildman–Crippen MR) is 49.7 cm³/mol. The molecular formula is C9H10N2O3. The fraction of sp³-hybridized carbons (Fsp3) is 0.333. The second kappa shape index (κ2) is 3.36. The Kier molecular flexibility index (Phi) is 2.18. The number of non-ortho nitro benzene ring substituents is 1. The largest absolute Gasteiger partial charge is 0.375 e. The molecule has 1 aliphatic rings. The minimum absolute atomic E-state index is 0.0844. The molecule has 0 bridgehead atoms. The van der Waals surface area contributed by atoms with Crippen LogP contribution in [0.15, 0.2) is 18.2 Å². The monoisotopic (exact) mass is 194 g/mol. The molecule has 0 saturated carbocycles. The fourth-order valence-corrected chi connectivity index (χ4v) is 1.56. The third-order valence-corrected chi connectivity index (χ3v) is 2.29. The van der Waals surface area contributed by atoms with E-state index in [2.05, 4.69) is 0 Å². The van der Waals surface area contributed by atoms with E-state index in [1.54, 1.807) is 6.07 Å². The van der Waals surface area contributed by atoms with Crippen molar-refractivity contribution < 1.29 is 9.66 Å². The van der Waals surface area contributed by atoms with Crippen LogP contribution in [0.2, 0.25) is 0 Å². The molecule has 2 rings (SSSR count). The molecule has 0 amide bonds. The summed E-state index contributed by atoms with van der Waals surface area (Å²) in [7, 11) is 0. The van der Waals surface area contributed by atoms with Crippen LogP contribution in [0.4, 0.5) is 5.69 Å². The zero-order valence-corrected chi connectivity index (χ0v) is 7.47. The van der Waals surface area contributed by atoms with Gasteiger partial charge in [-0.3, -0.25) is 10.1 Å². The van der Waals surface area contributed by atoms with Gasteiger partial charge < -0.3 is 10.5 Å². The van der Waals surface area contributed by atoms with Crippen LogP contribution in [0.25, 0.3) is 0 Å². The summed E-state index contributed by atoms with van der Waals surface area (Å²) in [6.45, 7) is 0.912. The molecule has 1 aliphatic heterocycles. The Morgan fingerprint density at radius 3 is 3.07 bits per heavy atom. The topological polar surface area (TPSA) is 78.4 Å². The van der Waals surface area contributed by atoms with E-state index < -0.39 is 4.92 Å². The Balaban J connectivity index is 2.45. The van der Waals surface area contributed by atoms with Crippen LogP contribution < -0.4 is 5.73 Å². The number of nitrogens with zero attached hydrogens (tertiary/aromatic N) is 1. The summed E-state index contributed by atoms with van der Waals surface area (Å²) in [4.78, 5) is 10.1. The Morgan fingerprint density at radius 2 is 2.36 bits per heavy atom. The molecule has 0 radical (unpaired) electrons. The van der Waals surface area contributed by atoms with E-state index in [0.717, 1.165) is 11.1 Å². The van der Waals surface area contributed by atoms with Gasteiger partial charge in [-0.05, 0) is 17.2 Å². The minimum Gasteiger partial charge on any atom is -0.375 e. The third-order valence-electron chi connectivity index (χ3n) is 2.29. The number of nitro groups is 1. The highest BCUT2D eigenvalue weighted by atomic mass is 16.6. The van der Waals surface area contributed by atoms with Crippen LogP contribution in [0.5, 0.6) is 0 Å². The number of rotatable bonds is 1. The molecule has 2 N–H and O–H groups in total.